The first-order chi connectivity index (χ1) is 68.8. The van der Waals surface area contributed by atoms with E-state index in [1.165, 1.54) is 230 Å². The van der Waals surface area contributed by atoms with Gasteiger partial charge in [0.05, 0.1) is 11.4 Å². The highest BCUT2D eigenvalue weighted by Crippen LogP contribution is 2.57. The molecular weight excluding hydrogens is 1670 g/mol. The predicted molar refractivity (Wildman–Crippen MR) is 596 cm³/mol. The van der Waals surface area contributed by atoms with Crippen LogP contribution in [0.25, 0.3) is 219 Å². The largest absolute Gasteiger partial charge is 0.310 e. The first-order valence-electron chi connectivity index (χ1n) is 48.3. The van der Waals surface area contributed by atoms with Crippen LogP contribution in [0.5, 0.6) is 0 Å². The molecule has 0 unspecified atom stereocenters. The third-order valence-electron chi connectivity index (χ3n) is 29.4. The molecular formula is C137H92N2. The number of fused-ring (bicyclic) bond motifs is 22. The molecule has 0 spiro atoms. The van der Waals surface area contributed by atoms with E-state index in [4.69, 9.17) is 0 Å². The number of nitrogens with zero attached hydrogens (tertiary/aromatic N) is 2. The quantitative estimate of drug-likeness (QED) is 0.100. The smallest absolute Gasteiger partial charge is 0.0546 e. The van der Waals surface area contributed by atoms with E-state index in [9.17, 15) is 0 Å². The molecule has 26 aromatic rings. The lowest BCUT2D eigenvalue weighted by Crippen LogP contribution is -2.14. The summed E-state index contributed by atoms with van der Waals surface area (Å²) in [6, 6.07) is 193. The SMILES string of the molecule is CC1(C)c2ccccc2-c2ccc(-c3ccc(N(c4ccc5c(c4)c4ccccc4c4c(-c6ccccc6)cc(-c6ccccc6)c(-c6ccccc6)c54)c4cc5ccccc5c5ccccc45)cc3)cc21.c1ccc(-c2cc(-c3ccccc3)c3c4ccccc4c4cc(N(c5cccc(-c6cccc7ccccc67)c5)c5cc6ccccc6c6ccccc56)ccc4c3c2-c2ccccc2)cc1. The van der Waals surface area contributed by atoms with Gasteiger partial charge < -0.3 is 9.80 Å². The highest BCUT2D eigenvalue weighted by atomic mass is 15.1. The Morgan fingerprint density at radius 1 is 0.144 bits per heavy atom. The molecule has 26 aromatic carbocycles. The second kappa shape index (κ2) is 34.0. The number of hydrogen-bond acceptors (Lipinski definition) is 2. The van der Waals surface area contributed by atoms with Crippen LogP contribution in [0.15, 0.2) is 522 Å². The monoisotopic (exact) mass is 1760 g/mol. The lowest BCUT2D eigenvalue weighted by atomic mass is 9.81. The van der Waals surface area contributed by atoms with Crippen LogP contribution < -0.4 is 9.80 Å². The minimum absolute atomic E-state index is 0.0739. The van der Waals surface area contributed by atoms with Crippen molar-refractivity contribution in [2.75, 3.05) is 9.80 Å². The molecule has 2 heteroatoms. The fourth-order valence-corrected chi connectivity index (χ4v) is 23.0. The van der Waals surface area contributed by atoms with Gasteiger partial charge in [0.25, 0.3) is 0 Å². The van der Waals surface area contributed by atoms with E-state index in [0.717, 1.165) is 34.1 Å². The Balaban J connectivity index is 0.000000144. The van der Waals surface area contributed by atoms with Crippen molar-refractivity contribution in [3.8, 4) is 100 Å². The maximum absolute atomic E-state index is 2.50. The Kier molecular flexibility index (Phi) is 20.0. The van der Waals surface area contributed by atoms with Crippen LogP contribution in [0.1, 0.15) is 25.0 Å². The summed E-state index contributed by atoms with van der Waals surface area (Å²) in [4.78, 5) is 4.99. The van der Waals surface area contributed by atoms with Crippen molar-refractivity contribution in [3.63, 3.8) is 0 Å². The zero-order valence-electron chi connectivity index (χ0n) is 77.0. The van der Waals surface area contributed by atoms with Gasteiger partial charge in [0.2, 0.25) is 0 Å². The third kappa shape index (κ3) is 13.9. The Labute approximate surface area is 808 Å². The highest BCUT2D eigenvalue weighted by Gasteiger charge is 2.36. The van der Waals surface area contributed by atoms with Crippen LogP contribution in [0.4, 0.5) is 34.1 Å². The molecule has 0 N–H and O–H groups in total. The van der Waals surface area contributed by atoms with Crippen molar-refractivity contribution in [1.82, 2.24) is 0 Å². The van der Waals surface area contributed by atoms with E-state index >= 15 is 0 Å². The molecule has 0 heterocycles. The van der Waals surface area contributed by atoms with Gasteiger partial charge in [0.15, 0.2) is 0 Å². The zero-order chi connectivity index (χ0) is 92.2. The van der Waals surface area contributed by atoms with Crippen LogP contribution in [0.3, 0.4) is 0 Å². The molecule has 650 valence electrons. The minimum Gasteiger partial charge on any atom is -0.310 e. The molecule has 0 fully saturated rings. The lowest BCUT2D eigenvalue weighted by molar-refractivity contribution is 0.660. The molecule has 0 bridgehead atoms. The van der Waals surface area contributed by atoms with Gasteiger partial charge in [-0.05, 0) is 298 Å². The summed E-state index contributed by atoms with van der Waals surface area (Å²) < 4.78 is 0. The Hall–Kier alpha value is -17.8. The van der Waals surface area contributed by atoms with E-state index in [-0.39, 0.29) is 5.41 Å². The lowest BCUT2D eigenvalue weighted by Gasteiger charge is -2.29. The maximum Gasteiger partial charge on any atom is 0.0546 e. The topological polar surface area (TPSA) is 6.48 Å². The second-order valence-electron chi connectivity index (χ2n) is 37.5. The summed E-state index contributed by atoms with van der Waals surface area (Å²) in [5.74, 6) is 0. The van der Waals surface area contributed by atoms with Gasteiger partial charge in [-0.15, -0.1) is 0 Å². The van der Waals surface area contributed by atoms with Crippen LogP contribution in [-0.4, -0.2) is 0 Å². The summed E-state index contributed by atoms with van der Waals surface area (Å²) in [5.41, 5.74) is 31.4. The van der Waals surface area contributed by atoms with Gasteiger partial charge in [0.1, 0.15) is 0 Å². The fraction of sp³-hybridized carbons (Fsp3) is 0.0219. The van der Waals surface area contributed by atoms with E-state index in [1.807, 2.05) is 0 Å². The Bertz CT molecular complexity index is 9370. The zero-order valence-corrected chi connectivity index (χ0v) is 77.0. The Morgan fingerprint density at radius 2 is 0.468 bits per heavy atom. The first kappa shape index (κ1) is 81.9. The van der Waals surface area contributed by atoms with E-state index in [1.54, 1.807) is 0 Å². The molecule has 0 saturated heterocycles. The van der Waals surface area contributed by atoms with E-state index in [0.29, 0.717) is 0 Å². The van der Waals surface area contributed by atoms with Gasteiger partial charge in [-0.1, -0.05) is 457 Å². The molecule has 0 radical (unpaired) electrons. The van der Waals surface area contributed by atoms with Gasteiger partial charge in [-0.25, -0.2) is 0 Å². The second-order valence-corrected chi connectivity index (χ2v) is 37.5. The molecule has 0 aliphatic heterocycles. The average molecular weight is 1770 g/mol. The summed E-state index contributed by atoms with van der Waals surface area (Å²) >= 11 is 0. The molecule has 2 nitrogen and oxygen atoms in total. The number of anilines is 6. The summed E-state index contributed by atoms with van der Waals surface area (Å²) in [5, 5.41) is 27.1. The van der Waals surface area contributed by atoms with Crippen molar-refractivity contribution in [2.24, 2.45) is 0 Å². The van der Waals surface area contributed by atoms with Crippen molar-refractivity contribution in [2.45, 2.75) is 19.3 Å². The van der Waals surface area contributed by atoms with Crippen LogP contribution >= 0.6 is 0 Å². The third-order valence-corrected chi connectivity index (χ3v) is 29.4. The molecule has 0 saturated carbocycles. The van der Waals surface area contributed by atoms with Crippen LogP contribution in [-0.2, 0) is 5.41 Å². The number of rotatable bonds is 14. The summed E-state index contributed by atoms with van der Waals surface area (Å²) in [6.45, 7) is 4.72. The van der Waals surface area contributed by atoms with Crippen molar-refractivity contribution >= 4 is 153 Å². The molecule has 139 heavy (non-hydrogen) atoms. The van der Waals surface area contributed by atoms with Crippen molar-refractivity contribution in [3.05, 3.63) is 533 Å². The first-order valence-corrected chi connectivity index (χ1v) is 48.3. The fourth-order valence-electron chi connectivity index (χ4n) is 23.0. The highest BCUT2D eigenvalue weighted by molar-refractivity contribution is 6.36. The summed E-state index contributed by atoms with van der Waals surface area (Å²) in [6.07, 6.45) is 0. The van der Waals surface area contributed by atoms with Crippen molar-refractivity contribution < 1.29 is 0 Å². The number of hydrogen-bond donors (Lipinski definition) is 0. The van der Waals surface area contributed by atoms with Gasteiger partial charge in [-0.2, -0.15) is 0 Å². The molecule has 1 aliphatic carbocycles. The number of benzene rings is 26. The standard InChI is InChI=1S/C71H49N.C66H43N/c1-71(2)65-33-19-18-30-57(65)58-40-36-50(42-66(58)71)46-34-37-52(38-35-46)72(67-43-51-26-12-13-27-54(51)55-28-14-16-31-59(55)67)53-39-41-61-64(44-53)56-29-15-17-32-60(56)69-63(48-22-8-4-9-23-48)45-62(47-20-6-3-7-21-47)68(70(61)69)49-24-10-5-11-25-49;1-4-20-45(21-5-1)60-43-61(46-22-6-2-7-23-46)65-58-36-17-15-34-56(58)62-42-51(38-39-59(62)66(65)64(60)47-25-8-3-9-26-47)67(63-41-49-27-11-13-32-54(49)55-33-14-16-35-57(55)63)50-30-18-29-48(40-50)53-37-19-28-44-24-10-12-31-52(44)53/h3-45H,1-2H3;1-43H. The molecule has 0 atom stereocenters. The minimum atomic E-state index is -0.0739. The molecule has 1 aliphatic rings. The van der Waals surface area contributed by atoms with E-state index < -0.39 is 0 Å². The van der Waals surface area contributed by atoms with E-state index in [2.05, 4.69) is 545 Å². The Morgan fingerprint density at radius 3 is 0.950 bits per heavy atom. The molecule has 0 amide bonds. The van der Waals surface area contributed by atoms with Gasteiger partial charge in [-0.3, -0.25) is 0 Å². The molecule has 0 aromatic heterocycles. The van der Waals surface area contributed by atoms with Crippen molar-refractivity contribution in [1.29, 1.82) is 0 Å². The molecule has 27 rings (SSSR count). The van der Waals surface area contributed by atoms with Crippen LogP contribution in [0.2, 0.25) is 0 Å². The maximum atomic E-state index is 2.50. The van der Waals surface area contributed by atoms with Gasteiger partial charge in [0, 0.05) is 38.9 Å². The van der Waals surface area contributed by atoms with Crippen LogP contribution in [0, 0.1) is 0 Å². The summed E-state index contributed by atoms with van der Waals surface area (Å²) in [7, 11) is 0. The average Bonchev–Trinajstić information content (AvgIpc) is 1.68. The predicted octanol–water partition coefficient (Wildman–Crippen LogP) is 38.6. The van der Waals surface area contributed by atoms with Gasteiger partial charge >= 0.3 is 0 Å². The normalized spacial score (nSPS) is 12.2.